The van der Waals surface area contributed by atoms with E-state index in [-0.39, 0.29) is 0 Å². The highest BCUT2D eigenvalue weighted by molar-refractivity contribution is 7.13. The molecule has 1 aromatic carbocycles. The molecule has 0 fully saturated rings. The largest absolute Gasteiger partial charge is 0.496 e. The van der Waals surface area contributed by atoms with E-state index in [2.05, 4.69) is 31.0 Å². The number of methoxy groups -OCH3 is 1. The first-order valence-corrected chi connectivity index (χ1v) is 5.65. The first kappa shape index (κ1) is 10.2. The Labute approximate surface area is 93.6 Å². The smallest absolute Gasteiger partial charge is 0.124 e. The summed E-state index contributed by atoms with van der Waals surface area (Å²) in [5.74, 6) is 0.968. The van der Waals surface area contributed by atoms with Crippen LogP contribution in [0.5, 0.6) is 5.75 Å². The number of nitrogens with zero attached hydrogens (tertiary/aromatic N) is 1. The molecule has 2 aromatic rings. The van der Waals surface area contributed by atoms with Crippen LogP contribution in [-0.4, -0.2) is 12.1 Å². The van der Waals surface area contributed by atoms with Crippen LogP contribution in [-0.2, 0) is 0 Å². The van der Waals surface area contributed by atoms with Gasteiger partial charge in [-0.1, -0.05) is 0 Å². The summed E-state index contributed by atoms with van der Waals surface area (Å²) in [6.45, 7) is 4.12. The summed E-state index contributed by atoms with van der Waals surface area (Å²) in [7, 11) is 1.71. The molecule has 0 radical (unpaired) electrons. The van der Waals surface area contributed by atoms with Crippen molar-refractivity contribution in [2.24, 2.45) is 0 Å². The second-order valence-corrected chi connectivity index (χ2v) is 4.38. The van der Waals surface area contributed by atoms with Crippen molar-refractivity contribution in [3.8, 4) is 16.3 Å². The number of ether oxygens (including phenoxy) is 1. The standard InChI is InChI=1S/C12H13NOS/c1-8-6-10(12-13-4-5-15-12)7-9(2)11(8)14-3/h4-7H,1-3H3. The quantitative estimate of drug-likeness (QED) is 0.772. The highest BCUT2D eigenvalue weighted by atomic mass is 32.1. The third-order valence-corrected chi connectivity index (χ3v) is 3.17. The van der Waals surface area contributed by atoms with Crippen LogP contribution in [0.15, 0.2) is 23.7 Å². The predicted molar refractivity (Wildman–Crippen MR) is 63.6 cm³/mol. The van der Waals surface area contributed by atoms with Gasteiger partial charge in [-0.05, 0) is 37.1 Å². The number of aromatic nitrogens is 1. The summed E-state index contributed by atoms with van der Waals surface area (Å²) in [5, 5.41) is 3.05. The SMILES string of the molecule is COc1c(C)cc(-c2nccs2)cc1C. The van der Waals surface area contributed by atoms with Crippen molar-refractivity contribution in [2.45, 2.75) is 13.8 Å². The lowest BCUT2D eigenvalue weighted by atomic mass is 10.1. The van der Waals surface area contributed by atoms with Gasteiger partial charge in [-0.3, -0.25) is 0 Å². The molecule has 0 N–H and O–H groups in total. The Morgan fingerprint density at radius 2 is 1.87 bits per heavy atom. The van der Waals surface area contributed by atoms with Crippen molar-refractivity contribution >= 4 is 11.3 Å². The minimum absolute atomic E-state index is 0.968. The number of hydrogen-bond donors (Lipinski definition) is 0. The fourth-order valence-electron chi connectivity index (χ4n) is 1.76. The van der Waals surface area contributed by atoms with Crippen molar-refractivity contribution in [1.82, 2.24) is 4.98 Å². The molecule has 0 bridgehead atoms. The summed E-state index contributed by atoms with van der Waals surface area (Å²) in [6, 6.07) is 4.23. The van der Waals surface area contributed by atoms with Crippen LogP contribution >= 0.6 is 11.3 Å². The molecular formula is C12H13NOS. The molecule has 0 amide bonds. The summed E-state index contributed by atoms with van der Waals surface area (Å²) in [5.41, 5.74) is 3.48. The van der Waals surface area contributed by atoms with E-state index >= 15 is 0 Å². The molecule has 0 saturated carbocycles. The second-order valence-electron chi connectivity index (χ2n) is 3.48. The maximum Gasteiger partial charge on any atom is 0.124 e. The van der Waals surface area contributed by atoms with E-state index in [0.717, 1.165) is 21.9 Å². The van der Waals surface area contributed by atoms with Crippen LogP contribution in [0.4, 0.5) is 0 Å². The first-order valence-electron chi connectivity index (χ1n) is 4.77. The van der Waals surface area contributed by atoms with Crippen molar-refractivity contribution in [2.75, 3.05) is 7.11 Å². The third kappa shape index (κ3) is 1.88. The summed E-state index contributed by atoms with van der Waals surface area (Å²) < 4.78 is 5.33. The topological polar surface area (TPSA) is 22.1 Å². The Hall–Kier alpha value is -1.35. The van der Waals surface area contributed by atoms with Crippen molar-refractivity contribution in [3.63, 3.8) is 0 Å². The Morgan fingerprint density at radius 1 is 1.20 bits per heavy atom. The predicted octanol–water partition coefficient (Wildman–Crippen LogP) is 3.44. The van der Waals surface area contributed by atoms with Crippen LogP contribution < -0.4 is 4.74 Å². The van der Waals surface area contributed by atoms with Gasteiger partial charge in [0.2, 0.25) is 0 Å². The van der Waals surface area contributed by atoms with Crippen LogP contribution in [0.1, 0.15) is 11.1 Å². The molecule has 0 aliphatic heterocycles. The number of aryl methyl sites for hydroxylation is 2. The molecule has 0 atom stereocenters. The first-order chi connectivity index (χ1) is 7.22. The maximum atomic E-state index is 5.33. The fourth-order valence-corrected chi connectivity index (χ4v) is 2.39. The minimum Gasteiger partial charge on any atom is -0.496 e. The highest BCUT2D eigenvalue weighted by Gasteiger charge is 2.07. The molecule has 1 heterocycles. The molecule has 0 aliphatic rings. The lowest BCUT2D eigenvalue weighted by Gasteiger charge is -2.09. The van der Waals surface area contributed by atoms with Crippen molar-refractivity contribution in [3.05, 3.63) is 34.8 Å². The maximum absolute atomic E-state index is 5.33. The van der Waals surface area contributed by atoms with Crippen LogP contribution in [0, 0.1) is 13.8 Å². The molecule has 3 heteroatoms. The molecule has 0 aliphatic carbocycles. The highest BCUT2D eigenvalue weighted by Crippen LogP contribution is 2.30. The molecule has 0 saturated heterocycles. The summed E-state index contributed by atoms with van der Waals surface area (Å²) >= 11 is 1.65. The zero-order chi connectivity index (χ0) is 10.8. The Kier molecular flexibility index (Phi) is 2.73. The van der Waals surface area contributed by atoms with E-state index in [1.807, 2.05) is 11.6 Å². The number of hydrogen-bond acceptors (Lipinski definition) is 3. The Bertz CT molecular complexity index is 439. The fraction of sp³-hybridized carbons (Fsp3) is 0.250. The molecule has 0 spiro atoms. The Balaban J connectivity index is 2.53. The van der Waals surface area contributed by atoms with Gasteiger partial charge < -0.3 is 4.74 Å². The normalized spacial score (nSPS) is 10.3. The van der Waals surface area contributed by atoms with E-state index in [0.29, 0.717) is 0 Å². The van der Waals surface area contributed by atoms with Gasteiger partial charge in [0, 0.05) is 17.1 Å². The van der Waals surface area contributed by atoms with Gasteiger partial charge in [0.05, 0.1) is 7.11 Å². The monoisotopic (exact) mass is 219 g/mol. The van der Waals surface area contributed by atoms with Gasteiger partial charge in [0.25, 0.3) is 0 Å². The minimum atomic E-state index is 0.968. The molecule has 0 unspecified atom stereocenters. The average Bonchev–Trinajstić information content (AvgIpc) is 2.69. The number of thiazole rings is 1. The van der Waals surface area contributed by atoms with Crippen LogP contribution in [0.2, 0.25) is 0 Å². The molecule has 2 nitrogen and oxygen atoms in total. The molecule has 15 heavy (non-hydrogen) atoms. The van der Waals surface area contributed by atoms with E-state index in [4.69, 9.17) is 4.74 Å². The summed E-state index contributed by atoms with van der Waals surface area (Å²) in [4.78, 5) is 4.30. The van der Waals surface area contributed by atoms with Gasteiger partial charge in [-0.15, -0.1) is 11.3 Å². The van der Waals surface area contributed by atoms with E-state index in [1.54, 1.807) is 18.4 Å². The summed E-state index contributed by atoms with van der Waals surface area (Å²) in [6.07, 6.45) is 1.83. The van der Waals surface area contributed by atoms with Gasteiger partial charge in [-0.2, -0.15) is 0 Å². The van der Waals surface area contributed by atoms with E-state index in [9.17, 15) is 0 Å². The molecule has 78 valence electrons. The second kappa shape index (κ2) is 4.03. The van der Waals surface area contributed by atoms with Crippen LogP contribution in [0.25, 0.3) is 10.6 Å². The van der Waals surface area contributed by atoms with Gasteiger partial charge >= 0.3 is 0 Å². The number of benzene rings is 1. The molecular weight excluding hydrogens is 206 g/mol. The van der Waals surface area contributed by atoms with E-state index in [1.165, 1.54) is 5.56 Å². The average molecular weight is 219 g/mol. The van der Waals surface area contributed by atoms with Gasteiger partial charge in [0.1, 0.15) is 10.8 Å². The van der Waals surface area contributed by atoms with Crippen molar-refractivity contribution in [1.29, 1.82) is 0 Å². The van der Waals surface area contributed by atoms with Gasteiger partial charge in [0.15, 0.2) is 0 Å². The lowest BCUT2D eigenvalue weighted by Crippen LogP contribution is -1.91. The van der Waals surface area contributed by atoms with E-state index < -0.39 is 0 Å². The third-order valence-electron chi connectivity index (χ3n) is 2.34. The lowest BCUT2D eigenvalue weighted by molar-refractivity contribution is 0.408. The molecule has 1 aromatic heterocycles. The number of rotatable bonds is 2. The van der Waals surface area contributed by atoms with Crippen LogP contribution in [0.3, 0.4) is 0 Å². The van der Waals surface area contributed by atoms with Gasteiger partial charge in [-0.25, -0.2) is 4.98 Å². The Morgan fingerprint density at radius 3 is 2.33 bits per heavy atom. The zero-order valence-electron chi connectivity index (χ0n) is 9.07. The molecule has 2 rings (SSSR count). The van der Waals surface area contributed by atoms with Crippen molar-refractivity contribution < 1.29 is 4.74 Å². The zero-order valence-corrected chi connectivity index (χ0v) is 9.89.